The molecular weight excluding hydrogens is 304 g/mol. The van der Waals surface area contributed by atoms with Crippen LogP contribution in [0.25, 0.3) is 0 Å². The molecule has 2 aromatic rings. The topological polar surface area (TPSA) is 79.2 Å². The van der Waals surface area contributed by atoms with Gasteiger partial charge in [0.15, 0.2) is 6.61 Å². The zero-order chi connectivity index (χ0) is 17.0. The highest BCUT2D eigenvalue weighted by atomic mass is 16.5. The predicted molar refractivity (Wildman–Crippen MR) is 88.1 cm³/mol. The maximum Gasteiger partial charge on any atom is 0.317 e. The lowest BCUT2D eigenvalue weighted by Crippen LogP contribution is -2.28. The number of amides is 1. The normalized spacial score (nSPS) is 14.3. The summed E-state index contributed by atoms with van der Waals surface area (Å²) < 4.78 is 5.20. The third-order valence-corrected chi connectivity index (χ3v) is 4.12. The first-order valence-corrected chi connectivity index (χ1v) is 7.67. The Morgan fingerprint density at radius 3 is 2.42 bits per heavy atom. The highest BCUT2D eigenvalue weighted by Crippen LogP contribution is 2.49. The quantitative estimate of drug-likeness (QED) is 0.859. The number of nitrogens with one attached hydrogen (secondary N) is 1. The summed E-state index contributed by atoms with van der Waals surface area (Å²) in [5.74, 6) is -0.840. The summed E-state index contributed by atoms with van der Waals surface area (Å²) in [7, 11) is 0. The van der Waals surface area contributed by atoms with Crippen molar-refractivity contribution in [3.8, 4) is 6.07 Å². The number of anilines is 1. The Hall–Kier alpha value is -3.13. The lowest BCUT2D eigenvalue weighted by Gasteiger charge is -2.15. The van der Waals surface area contributed by atoms with Crippen LogP contribution >= 0.6 is 0 Å². The highest BCUT2D eigenvalue weighted by molar-refractivity contribution is 5.95. The average molecular weight is 320 g/mol. The highest BCUT2D eigenvalue weighted by Gasteiger charge is 2.52. The van der Waals surface area contributed by atoms with Gasteiger partial charge in [-0.05, 0) is 30.5 Å². The summed E-state index contributed by atoms with van der Waals surface area (Å²) in [6.45, 7) is -0.368. The van der Waals surface area contributed by atoms with Crippen molar-refractivity contribution in [2.45, 2.75) is 18.3 Å². The van der Waals surface area contributed by atoms with Crippen LogP contribution in [0.3, 0.4) is 0 Å². The molecule has 1 fully saturated rings. The second-order valence-corrected chi connectivity index (χ2v) is 5.73. The smallest absolute Gasteiger partial charge is 0.317 e. The van der Waals surface area contributed by atoms with Gasteiger partial charge < -0.3 is 10.1 Å². The maximum absolute atomic E-state index is 12.4. The van der Waals surface area contributed by atoms with Gasteiger partial charge in [-0.15, -0.1) is 0 Å². The molecule has 0 aliphatic heterocycles. The van der Waals surface area contributed by atoms with Crippen LogP contribution in [0.1, 0.15) is 24.0 Å². The Balaban J connectivity index is 1.59. The molecule has 0 unspecified atom stereocenters. The van der Waals surface area contributed by atoms with Gasteiger partial charge in [0.05, 0.1) is 16.7 Å². The minimum atomic E-state index is -0.605. The Morgan fingerprint density at radius 1 is 1.08 bits per heavy atom. The number of rotatable bonds is 5. The van der Waals surface area contributed by atoms with E-state index < -0.39 is 11.3 Å². The van der Waals surface area contributed by atoms with Gasteiger partial charge in [-0.25, -0.2) is 0 Å². The lowest BCUT2D eigenvalue weighted by atomic mass is 9.96. The minimum Gasteiger partial charge on any atom is -0.455 e. The first-order chi connectivity index (χ1) is 11.7. The van der Waals surface area contributed by atoms with E-state index >= 15 is 0 Å². The van der Waals surface area contributed by atoms with Crippen molar-refractivity contribution in [3.05, 3.63) is 65.7 Å². The van der Waals surface area contributed by atoms with Crippen LogP contribution in [0.2, 0.25) is 0 Å². The van der Waals surface area contributed by atoms with Crippen molar-refractivity contribution < 1.29 is 14.3 Å². The Bertz CT molecular complexity index is 805. The molecule has 0 spiro atoms. The second kappa shape index (κ2) is 6.55. The van der Waals surface area contributed by atoms with Crippen molar-refractivity contribution in [2.75, 3.05) is 11.9 Å². The molecule has 5 heteroatoms. The van der Waals surface area contributed by atoms with Crippen molar-refractivity contribution in [1.29, 1.82) is 5.26 Å². The molecule has 1 amide bonds. The molecule has 2 aromatic carbocycles. The largest absolute Gasteiger partial charge is 0.455 e. The summed E-state index contributed by atoms with van der Waals surface area (Å²) in [6, 6.07) is 18.1. The number of hydrogen-bond donors (Lipinski definition) is 1. The molecule has 0 saturated heterocycles. The molecule has 1 saturated carbocycles. The number of ether oxygens (including phenoxy) is 1. The van der Waals surface area contributed by atoms with E-state index in [0.717, 1.165) is 18.4 Å². The van der Waals surface area contributed by atoms with Crippen LogP contribution in [-0.2, 0) is 19.7 Å². The standard InChI is InChI=1S/C19H16N2O3/c20-12-14-6-4-5-9-16(14)21-17(22)13-24-18(23)19(10-11-19)15-7-2-1-3-8-15/h1-9H,10-11,13H2,(H,21,22). The first-order valence-electron chi connectivity index (χ1n) is 7.67. The second-order valence-electron chi connectivity index (χ2n) is 5.73. The maximum atomic E-state index is 12.4. The fourth-order valence-electron chi connectivity index (χ4n) is 2.64. The zero-order valence-corrected chi connectivity index (χ0v) is 13.0. The SMILES string of the molecule is N#Cc1ccccc1NC(=O)COC(=O)C1(c2ccccc2)CC1. The van der Waals surface area contributed by atoms with Gasteiger partial charge in [-0.1, -0.05) is 42.5 Å². The molecule has 5 nitrogen and oxygen atoms in total. The molecule has 1 aliphatic rings. The van der Waals surface area contributed by atoms with Gasteiger partial charge in [0.25, 0.3) is 5.91 Å². The zero-order valence-electron chi connectivity index (χ0n) is 13.0. The van der Waals surface area contributed by atoms with Crippen LogP contribution in [0.15, 0.2) is 54.6 Å². The molecule has 120 valence electrons. The molecule has 0 radical (unpaired) electrons. The minimum absolute atomic E-state index is 0.361. The van der Waals surface area contributed by atoms with E-state index in [1.54, 1.807) is 24.3 Å². The molecule has 0 heterocycles. The van der Waals surface area contributed by atoms with Gasteiger partial charge in [0, 0.05) is 0 Å². The molecule has 0 atom stereocenters. The van der Waals surface area contributed by atoms with Gasteiger partial charge in [0.1, 0.15) is 6.07 Å². The number of hydrogen-bond acceptors (Lipinski definition) is 4. The molecule has 24 heavy (non-hydrogen) atoms. The average Bonchev–Trinajstić information content (AvgIpc) is 3.43. The van der Waals surface area contributed by atoms with E-state index in [0.29, 0.717) is 11.3 Å². The van der Waals surface area contributed by atoms with Crippen LogP contribution in [0.5, 0.6) is 0 Å². The van der Waals surface area contributed by atoms with Crippen molar-refractivity contribution in [2.24, 2.45) is 0 Å². The van der Waals surface area contributed by atoms with Crippen LogP contribution < -0.4 is 5.32 Å². The molecular formula is C19H16N2O3. The van der Waals surface area contributed by atoms with Crippen molar-refractivity contribution in [1.82, 2.24) is 0 Å². The molecule has 1 aliphatic carbocycles. The lowest BCUT2D eigenvalue weighted by molar-refractivity contribution is -0.150. The fraction of sp³-hybridized carbons (Fsp3) is 0.211. The number of carbonyl (C=O) groups is 2. The number of nitriles is 1. The van der Waals surface area contributed by atoms with E-state index in [4.69, 9.17) is 10.00 Å². The number of esters is 1. The molecule has 0 bridgehead atoms. The summed E-state index contributed by atoms with van der Waals surface area (Å²) in [4.78, 5) is 24.3. The summed E-state index contributed by atoms with van der Waals surface area (Å²) in [5.41, 5.74) is 1.09. The number of carbonyl (C=O) groups excluding carboxylic acids is 2. The van der Waals surface area contributed by atoms with Crippen molar-refractivity contribution >= 4 is 17.6 Å². The van der Waals surface area contributed by atoms with Crippen LogP contribution in [0.4, 0.5) is 5.69 Å². The Labute approximate surface area is 139 Å². The fourth-order valence-corrected chi connectivity index (χ4v) is 2.64. The van der Waals surface area contributed by atoms with Crippen LogP contribution in [-0.4, -0.2) is 18.5 Å². The number of para-hydroxylation sites is 1. The van der Waals surface area contributed by atoms with E-state index in [2.05, 4.69) is 5.32 Å². The van der Waals surface area contributed by atoms with Gasteiger partial charge >= 0.3 is 5.97 Å². The van der Waals surface area contributed by atoms with Gasteiger partial charge in [-0.2, -0.15) is 5.26 Å². The monoisotopic (exact) mass is 320 g/mol. The van der Waals surface area contributed by atoms with Gasteiger partial charge in [0.2, 0.25) is 0 Å². The van der Waals surface area contributed by atoms with E-state index in [-0.39, 0.29) is 12.6 Å². The Kier molecular flexibility index (Phi) is 4.30. The number of nitrogens with zero attached hydrogens (tertiary/aromatic N) is 1. The molecule has 0 aromatic heterocycles. The summed E-state index contributed by atoms with van der Waals surface area (Å²) >= 11 is 0. The van der Waals surface area contributed by atoms with Crippen LogP contribution in [0, 0.1) is 11.3 Å². The third-order valence-electron chi connectivity index (χ3n) is 4.12. The predicted octanol–water partition coefficient (Wildman–Crippen LogP) is 2.77. The van der Waals surface area contributed by atoms with Crippen molar-refractivity contribution in [3.63, 3.8) is 0 Å². The van der Waals surface area contributed by atoms with E-state index in [1.807, 2.05) is 36.4 Å². The first kappa shape index (κ1) is 15.8. The van der Waals surface area contributed by atoms with Gasteiger partial charge in [-0.3, -0.25) is 9.59 Å². The van der Waals surface area contributed by atoms with E-state index in [9.17, 15) is 9.59 Å². The van der Waals surface area contributed by atoms with E-state index in [1.165, 1.54) is 0 Å². The summed E-state index contributed by atoms with van der Waals surface area (Å²) in [5, 5.41) is 11.6. The summed E-state index contributed by atoms with van der Waals surface area (Å²) in [6.07, 6.45) is 1.46. The number of benzene rings is 2. The third kappa shape index (κ3) is 3.13. The molecule has 3 rings (SSSR count). The Morgan fingerprint density at radius 2 is 1.75 bits per heavy atom. The molecule has 1 N–H and O–H groups in total.